The number of amides is 1. The largest absolute Gasteiger partial charge is 0.389 e. The Labute approximate surface area is 116 Å². The van der Waals surface area contributed by atoms with Gasteiger partial charge in [-0.3, -0.25) is 4.79 Å². The van der Waals surface area contributed by atoms with Crippen molar-refractivity contribution >= 4 is 21.8 Å². The molecule has 1 amide bonds. The highest BCUT2D eigenvalue weighted by Gasteiger charge is 2.33. The standard InChI is InChI=1S/C14H18BrNO2/c15-12-5-3-4-11(8-12)10-16-13(17)9-14(18)6-1-2-7-14/h3-5,8,18H,1-2,6-7,9-10H2,(H,16,17). The van der Waals surface area contributed by atoms with Gasteiger partial charge < -0.3 is 10.4 Å². The Kier molecular flexibility index (Phi) is 4.40. The number of hydrogen-bond acceptors (Lipinski definition) is 2. The van der Waals surface area contributed by atoms with Gasteiger partial charge in [0.05, 0.1) is 12.0 Å². The second-order valence-electron chi connectivity index (χ2n) is 5.01. The monoisotopic (exact) mass is 311 g/mol. The van der Waals surface area contributed by atoms with E-state index >= 15 is 0 Å². The van der Waals surface area contributed by atoms with E-state index in [4.69, 9.17) is 0 Å². The molecule has 0 bridgehead atoms. The molecule has 0 saturated heterocycles. The maximum atomic E-state index is 11.8. The molecule has 4 heteroatoms. The van der Waals surface area contributed by atoms with E-state index in [-0.39, 0.29) is 12.3 Å². The molecular weight excluding hydrogens is 294 g/mol. The topological polar surface area (TPSA) is 49.3 Å². The van der Waals surface area contributed by atoms with Gasteiger partial charge in [0.2, 0.25) is 5.91 Å². The maximum Gasteiger partial charge on any atom is 0.223 e. The predicted octanol–water partition coefficient (Wildman–Crippen LogP) is 2.76. The summed E-state index contributed by atoms with van der Waals surface area (Å²) in [5.41, 5.74) is 0.289. The van der Waals surface area contributed by atoms with E-state index < -0.39 is 5.60 Å². The van der Waals surface area contributed by atoms with Crippen molar-refractivity contribution in [3.8, 4) is 0 Å². The lowest BCUT2D eigenvalue weighted by Gasteiger charge is -2.21. The molecule has 0 aromatic heterocycles. The first kappa shape index (κ1) is 13.6. The van der Waals surface area contributed by atoms with Gasteiger partial charge in [0.25, 0.3) is 0 Å². The van der Waals surface area contributed by atoms with Crippen molar-refractivity contribution in [1.29, 1.82) is 0 Å². The predicted molar refractivity (Wildman–Crippen MR) is 74.0 cm³/mol. The molecule has 0 radical (unpaired) electrons. The first-order valence-corrected chi connectivity index (χ1v) is 7.10. The van der Waals surface area contributed by atoms with Gasteiger partial charge in [0.15, 0.2) is 0 Å². The Bertz CT molecular complexity index is 428. The second kappa shape index (κ2) is 5.85. The van der Waals surface area contributed by atoms with E-state index in [1.165, 1.54) is 0 Å². The number of hydrogen-bond donors (Lipinski definition) is 2. The van der Waals surface area contributed by atoms with Gasteiger partial charge in [-0.1, -0.05) is 40.9 Å². The molecule has 1 aromatic rings. The Morgan fingerprint density at radius 1 is 1.39 bits per heavy atom. The highest BCUT2D eigenvalue weighted by molar-refractivity contribution is 9.10. The lowest BCUT2D eigenvalue weighted by molar-refractivity contribution is -0.126. The molecule has 3 nitrogen and oxygen atoms in total. The summed E-state index contributed by atoms with van der Waals surface area (Å²) in [7, 11) is 0. The Morgan fingerprint density at radius 2 is 2.11 bits per heavy atom. The van der Waals surface area contributed by atoms with Gasteiger partial charge in [-0.2, -0.15) is 0 Å². The van der Waals surface area contributed by atoms with Gasteiger partial charge in [-0.05, 0) is 30.5 Å². The van der Waals surface area contributed by atoms with Crippen molar-refractivity contribution in [2.75, 3.05) is 0 Å². The van der Waals surface area contributed by atoms with Crippen LogP contribution < -0.4 is 5.32 Å². The van der Waals surface area contributed by atoms with Crippen LogP contribution in [0.3, 0.4) is 0 Å². The number of carbonyl (C=O) groups excluding carboxylic acids is 1. The molecule has 0 heterocycles. The molecule has 1 saturated carbocycles. The zero-order chi connectivity index (χ0) is 13.0. The van der Waals surface area contributed by atoms with Crippen molar-refractivity contribution in [2.45, 2.75) is 44.2 Å². The minimum atomic E-state index is -0.763. The van der Waals surface area contributed by atoms with Crippen LogP contribution in [0.25, 0.3) is 0 Å². The lowest BCUT2D eigenvalue weighted by atomic mass is 9.97. The molecule has 1 fully saturated rings. The molecule has 2 N–H and O–H groups in total. The van der Waals surface area contributed by atoms with Gasteiger partial charge in [0, 0.05) is 11.0 Å². The average molecular weight is 312 g/mol. The summed E-state index contributed by atoms with van der Waals surface area (Å²) in [6.07, 6.45) is 3.76. The molecule has 1 aromatic carbocycles. The molecule has 0 atom stereocenters. The normalized spacial score (nSPS) is 17.7. The third-order valence-electron chi connectivity index (χ3n) is 3.40. The number of halogens is 1. The quantitative estimate of drug-likeness (QED) is 0.898. The van der Waals surface area contributed by atoms with Crippen molar-refractivity contribution in [1.82, 2.24) is 5.32 Å². The molecule has 1 aliphatic carbocycles. The van der Waals surface area contributed by atoms with E-state index in [0.717, 1.165) is 35.7 Å². The number of rotatable bonds is 4. The molecule has 0 spiro atoms. The Hall–Kier alpha value is -0.870. The fourth-order valence-corrected chi connectivity index (χ4v) is 2.87. The highest BCUT2D eigenvalue weighted by Crippen LogP contribution is 2.32. The summed E-state index contributed by atoms with van der Waals surface area (Å²) in [6.45, 7) is 0.508. The van der Waals surface area contributed by atoms with Crippen LogP contribution >= 0.6 is 15.9 Å². The van der Waals surface area contributed by atoms with Crippen molar-refractivity contribution in [2.24, 2.45) is 0 Å². The van der Waals surface area contributed by atoms with Crippen LogP contribution in [-0.4, -0.2) is 16.6 Å². The van der Waals surface area contributed by atoms with Crippen molar-refractivity contribution in [3.05, 3.63) is 34.3 Å². The summed E-state index contributed by atoms with van der Waals surface area (Å²) in [5.74, 6) is -0.0700. The minimum Gasteiger partial charge on any atom is -0.389 e. The minimum absolute atomic E-state index is 0.0700. The SMILES string of the molecule is O=C(CC1(O)CCCC1)NCc1cccc(Br)c1. The first-order valence-electron chi connectivity index (χ1n) is 6.31. The van der Waals surface area contributed by atoms with Crippen molar-refractivity contribution < 1.29 is 9.90 Å². The van der Waals surface area contributed by atoms with Gasteiger partial charge >= 0.3 is 0 Å². The molecule has 1 aliphatic rings. The zero-order valence-electron chi connectivity index (χ0n) is 10.3. The van der Waals surface area contributed by atoms with Crippen LogP contribution in [0.15, 0.2) is 28.7 Å². The zero-order valence-corrected chi connectivity index (χ0v) is 11.9. The highest BCUT2D eigenvalue weighted by atomic mass is 79.9. The smallest absolute Gasteiger partial charge is 0.223 e. The van der Waals surface area contributed by atoms with Crippen LogP contribution in [-0.2, 0) is 11.3 Å². The van der Waals surface area contributed by atoms with E-state index in [1.807, 2.05) is 24.3 Å². The van der Waals surface area contributed by atoms with Gasteiger partial charge in [-0.25, -0.2) is 0 Å². The number of nitrogens with one attached hydrogen (secondary N) is 1. The Balaban J connectivity index is 1.81. The molecule has 18 heavy (non-hydrogen) atoms. The van der Waals surface area contributed by atoms with Crippen LogP contribution in [0.1, 0.15) is 37.7 Å². The summed E-state index contributed by atoms with van der Waals surface area (Å²) < 4.78 is 1.00. The molecule has 98 valence electrons. The summed E-state index contributed by atoms with van der Waals surface area (Å²) in [5, 5.41) is 13.0. The molecule has 0 unspecified atom stereocenters. The van der Waals surface area contributed by atoms with Crippen LogP contribution in [0.5, 0.6) is 0 Å². The van der Waals surface area contributed by atoms with Crippen molar-refractivity contribution in [3.63, 3.8) is 0 Å². The maximum absolute atomic E-state index is 11.8. The van der Waals surface area contributed by atoms with Crippen LogP contribution in [0.2, 0.25) is 0 Å². The van der Waals surface area contributed by atoms with Gasteiger partial charge in [0.1, 0.15) is 0 Å². The summed E-state index contributed by atoms with van der Waals surface area (Å²) >= 11 is 3.40. The third-order valence-corrected chi connectivity index (χ3v) is 3.90. The number of aliphatic hydroxyl groups is 1. The van der Waals surface area contributed by atoms with E-state index in [1.54, 1.807) is 0 Å². The third kappa shape index (κ3) is 3.82. The van der Waals surface area contributed by atoms with Crippen LogP contribution in [0.4, 0.5) is 0 Å². The summed E-state index contributed by atoms with van der Waals surface area (Å²) in [6, 6.07) is 7.84. The first-order chi connectivity index (χ1) is 8.57. The molecular formula is C14H18BrNO2. The Morgan fingerprint density at radius 3 is 2.78 bits per heavy atom. The van der Waals surface area contributed by atoms with E-state index in [2.05, 4.69) is 21.2 Å². The van der Waals surface area contributed by atoms with E-state index in [9.17, 15) is 9.90 Å². The average Bonchev–Trinajstić information content (AvgIpc) is 2.73. The molecule has 0 aliphatic heterocycles. The fraction of sp³-hybridized carbons (Fsp3) is 0.500. The second-order valence-corrected chi connectivity index (χ2v) is 5.93. The van der Waals surface area contributed by atoms with Gasteiger partial charge in [-0.15, -0.1) is 0 Å². The van der Waals surface area contributed by atoms with E-state index in [0.29, 0.717) is 6.54 Å². The summed E-state index contributed by atoms with van der Waals surface area (Å²) in [4.78, 5) is 11.8. The lowest BCUT2D eigenvalue weighted by Crippen LogP contribution is -2.34. The number of benzene rings is 1. The molecule has 2 rings (SSSR count). The number of carbonyl (C=O) groups is 1. The van der Waals surface area contributed by atoms with Crippen LogP contribution in [0, 0.1) is 0 Å². The fourth-order valence-electron chi connectivity index (χ4n) is 2.42.